The van der Waals surface area contributed by atoms with E-state index >= 15 is 0 Å². The molecule has 0 spiro atoms. The molecule has 0 aromatic heterocycles. The van der Waals surface area contributed by atoms with Gasteiger partial charge in [-0.15, -0.1) is 0 Å². The SMILES string of the molecule is CCCCC(C(=O)O)N1CCC(C)CC1C. The molecule has 3 nitrogen and oxygen atoms in total. The minimum Gasteiger partial charge on any atom is -0.480 e. The van der Waals surface area contributed by atoms with Crippen LogP contribution in [-0.4, -0.2) is 34.6 Å². The van der Waals surface area contributed by atoms with Crippen molar-refractivity contribution in [3.63, 3.8) is 0 Å². The Balaban J connectivity index is 2.59. The summed E-state index contributed by atoms with van der Waals surface area (Å²) in [6.45, 7) is 7.48. The van der Waals surface area contributed by atoms with Gasteiger partial charge in [-0.1, -0.05) is 26.7 Å². The predicted octanol–water partition coefficient (Wildman–Crippen LogP) is 2.75. The molecule has 3 heteroatoms. The molecular weight excluding hydrogens is 202 g/mol. The molecule has 94 valence electrons. The third-order valence-electron chi connectivity index (χ3n) is 3.71. The van der Waals surface area contributed by atoms with E-state index in [2.05, 4.69) is 25.7 Å². The summed E-state index contributed by atoms with van der Waals surface area (Å²) in [5.74, 6) is 0.0988. The maximum Gasteiger partial charge on any atom is 0.320 e. The number of hydrogen-bond acceptors (Lipinski definition) is 2. The number of likely N-dealkylation sites (tertiary alicyclic amines) is 1. The van der Waals surface area contributed by atoms with Crippen molar-refractivity contribution < 1.29 is 9.90 Å². The average Bonchev–Trinajstić information content (AvgIpc) is 2.20. The van der Waals surface area contributed by atoms with Gasteiger partial charge in [-0.2, -0.15) is 0 Å². The number of hydrogen-bond donors (Lipinski definition) is 1. The van der Waals surface area contributed by atoms with Gasteiger partial charge in [-0.3, -0.25) is 9.69 Å². The van der Waals surface area contributed by atoms with Crippen molar-refractivity contribution in [3.8, 4) is 0 Å². The molecule has 3 atom stereocenters. The van der Waals surface area contributed by atoms with Gasteiger partial charge < -0.3 is 5.11 Å². The van der Waals surface area contributed by atoms with Crippen LogP contribution in [0.1, 0.15) is 52.9 Å². The summed E-state index contributed by atoms with van der Waals surface area (Å²) in [6.07, 6.45) is 5.15. The first kappa shape index (κ1) is 13.5. The van der Waals surface area contributed by atoms with Gasteiger partial charge in [-0.05, 0) is 38.6 Å². The number of carbonyl (C=O) groups is 1. The fourth-order valence-electron chi connectivity index (χ4n) is 2.72. The number of carboxylic acid groups (broad SMARTS) is 1. The molecule has 0 aromatic rings. The minimum absolute atomic E-state index is 0.262. The Morgan fingerprint density at radius 1 is 1.50 bits per heavy atom. The molecule has 0 amide bonds. The Bertz CT molecular complexity index is 230. The van der Waals surface area contributed by atoms with Gasteiger partial charge in [0.25, 0.3) is 0 Å². The number of rotatable bonds is 5. The summed E-state index contributed by atoms with van der Waals surface area (Å²) in [4.78, 5) is 13.5. The molecule has 1 N–H and O–H groups in total. The Kier molecular flexibility index (Phi) is 5.26. The smallest absolute Gasteiger partial charge is 0.320 e. The van der Waals surface area contributed by atoms with Gasteiger partial charge in [0, 0.05) is 6.04 Å². The minimum atomic E-state index is -0.644. The van der Waals surface area contributed by atoms with Crippen LogP contribution in [0.15, 0.2) is 0 Å². The highest BCUT2D eigenvalue weighted by atomic mass is 16.4. The quantitative estimate of drug-likeness (QED) is 0.785. The maximum absolute atomic E-state index is 11.3. The van der Waals surface area contributed by atoms with Crippen molar-refractivity contribution in [2.45, 2.75) is 65.0 Å². The summed E-state index contributed by atoms with van der Waals surface area (Å²) >= 11 is 0. The van der Waals surface area contributed by atoms with Crippen LogP contribution in [0, 0.1) is 5.92 Å². The van der Waals surface area contributed by atoms with E-state index in [1.54, 1.807) is 0 Å². The number of unbranched alkanes of at least 4 members (excludes halogenated alkanes) is 1. The van der Waals surface area contributed by atoms with Gasteiger partial charge in [-0.25, -0.2) is 0 Å². The van der Waals surface area contributed by atoms with E-state index in [9.17, 15) is 9.90 Å². The fraction of sp³-hybridized carbons (Fsp3) is 0.923. The molecule has 1 aliphatic heterocycles. The second kappa shape index (κ2) is 6.24. The van der Waals surface area contributed by atoms with Crippen LogP contribution < -0.4 is 0 Å². The molecule has 3 unspecified atom stereocenters. The molecule has 16 heavy (non-hydrogen) atoms. The van der Waals surface area contributed by atoms with Crippen LogP contribution in [0.5, 0.6) is 0 Å². The van der Waals surface area contributed by atoms with Gasteiger partial charge in [0.15, 0.2) is 0 Å². The highest BCUT2D eigenvalue weighted by Crippen LogP contribution is 2.25. The van der Waals surface area contributed by atoms with E-state index in [-0.39, 0.29) is 6.04 Å². The van der Waals surface area contributed by atoms with Crippen molar-refractivity contribution in [1.82, 2.24) is 4.90 Å². The number of piperidine rings is 1. The third kappa shape index (κ3) is 3.48. The maximum atomic E-state index is 11.3. The van der Waals surface area contributed by atoms with Crippen molar-refractivity contribution in [2.75, 3.05) is 6.54 Å². The van der Waals surface area contributed by atoms with Crippen molar-refractivity contribution >= 4 is 5.97 Å². The molecule has 1 aliphatic rings. The van der Waals surface area contributed by atoms with Crippen molar-refractivity contribution in [2.24, 2.45) is 5.92 Å². The van der Waals surface area contributed by atoms with Crippen molar-refractivity contribution in [3.05, 3.63) is 0 Å². The zero-order valence-corrected chi connectivity index (χ0v) is 10.8. The van der Waals surface area contributed by atoms with Crippen molar-refractivity contribution in [1.29, 1.82) is 0 Å². The van der Waals surface area contributed by atoms with Crippen LogP contribution >= 0.6 is 0 Å². The summed E-state index contributed by atoms with van der Waals surface area (Å²) in [6, 6.07) is 0.157. The first-order valence-corrected chi connectivity index (χ1v) is 6.54. The molecule has 0 aromatic carbocycles. The number of aliphatic carboxylic acids is 1. The second-order valence-corrected chi connectivity index (χ2v) is 5.21. The topological polar surface area (TPSA) is 40.5 Å². The second-order valence-electron chi connectivity index (χ2n) is 5.21. The van der Waals surface area contributed by atoms with Gasteiger partial charge in [0.1, 0.15) is 6.04 Å². The largest absolute Gasteiger partial charge is 0.480 e. The Morgan fingerprint density at radius 3 is 2.69 bits per heavy atom. The monoisotopic (exact) mass is 227 g/mol. The van der Waals surface area contributed by atoms with E-state index in [1.807, 2.05) is 0 Å². The van der Waals surface area contributed by atoms with Crippen LogP contribution in [0.4, 0.5) is 0 Å². The normalized spacial score (nSPS) is 28.9. The molecule has 1 heterocycles. The fourth-order valence-corrected chi connectivity index (χ4v) is 2.72. The zero-order valence-electron chi connectivity index (χ0n) is 10.8. The van der Waals surface area contributed by atoms with Crippen LogP contribution in [0.25, 0.3) is 0 Å². The lowest BCUT2D eigenvalue weighted by Gasteiger charge is -2.40. The van der Waals surface area contributed by atoms with E-state index in [4.69, 9.17) is 0 Å². The number of carboxylic acids is 1. The highest BCUT2D eigenvalue weighted by molar-refractivity contribution is 5.73. The van der Waals surface area contributed by atoms with E-state index in [1.165, 1.54) is 0 Å². The van der Waals surface area contributed by atoms with Crippen LogP contribution in [0.2, 0.25) is 0 Å². The molecule has 1 saturated heterocycles. The first-order valence-electron chi connectivity index (χ1n) is 6.54. The van der Waals surface area contributed by atoms with Gasteiger partial charge in [0.2, 0.25) is 0 Å². The molecule has 1 fully saturated rings. The molecule has 0 bridgehead atoms. The van der Waals surface area contributed by atoms with Crippen LogP contribution in [-0.2, 0) is 4.79 Å². The highest BCUT2D eigenvalue weighted by Gasteiger charge is 2.32. The molecule has 1 rings (SSSR count). The lowest BCUT2D eigenvalue weighted by molar-refractivity contribution is -0.145. The van der Waals surface area contributed by atoms with E-state index in [0.29, 0.717) is 6.04 Å². The summed E-state index contributed by atoms with van der Waals surface area (Å²) in [5.41, 5.74) is 0. The number of nitrogens with zero attached hydrogens (tertiary/aromatic N) is 1. The lowest BCUT2D eigenvalue weighted by Crippen LogP contribution is -2.50. The Labute approximate surface area is 98.8 Å². The average molecular weight is 227 g/mol. The predicted molar refractivity (Wildman–Crippen MR) is 65.5 cm³/mol. The molecule has 0 saturated carbocycles. The third-order valence-corrected chi connectivity index (χ3v) is 3.71. The van der Waals surface area contributed by atoms with Gasteiger partial charge >= 0.3 is 5.97 Å². The first-order chi connectivity index (χ1) is 7.56. The summed E-state index contributed by atoms with van der Waals surface area (Å²) < 4.78 is 0. The molecule has 0 radical (unpaired) electrons. The summed E-state index contributed by atoms with van der Waals surface area (Å²) in [5, 5.41) is 9.29. The molecular formula is C13H25NO2. The lowest BCUT2D eigenvalue weighted by atomic mass is 9.91. The van der Waals surface area contributed by atoms with Crippen LogP contribution in [0.3, 0.4) is 0 Å². The van der Waals surface area contributed by atoms with E-state index in [0.717, 1.165) is 44.6 Å². The standard InChI is InChI=1S/C13H25NO2/c1-4-5-6-12(13(15)16)14-8-7-10(2)9-11(14)3/h10-12H,4-9H2,1-3H3,(H,15,16). The Hall–Kier alpha value is -0.570. The van der Waals surface area contributed by atoms with Gasteiger partial charge in [0.05, 0.1) is 0 Å². The summed E-state index contributed by atoms with van der Waals surface area (Å²) in [7, 11) is 0. The zero-order chi connectivity index (χ0) is 12.1. The molecule has 0 aliphatic carbocycles. The Morgan fingerprint density at radius 2 is 2.19 bits per heavy atom. The van der Waals surface area contributed by atoms with E-state index < -0.39 is 5.97 Å².